The van der Waals surface area contributed by atoms with Gasteiger partial charge in [-0.2, -0.15) is 0 Å². The Balaban J connectivity index is 1.67. The lowest BCUT2D eigenvalue weighted by Gasteiger charge is -2.28. The van der Waals surface area contributed by atoms with E-state index in [0.717, 1.165) is 32.0 Å². The summed E-state index contributed by atoms with van der Waals surface area (Å²) in [6.45, 7) is 3.23. The van der Waals surface area contributed by atoms with Gasteiger partial charge in [0.25, 0.3) is 5.91 Å². The van der Waals surface area contributed by atoms with Crippen LogP contribution in [0.4, 0.5) is 11.4 Å². The van der Waals surface area contributed by atoms with Gasteiger partial charge in [0.2, 0.25) is 0 Å². The summed E-state index contributed by atoms with van der Waals surface area (Å²) in [7, 11) is 0. The average Bonchev–Trinajstić information content (AvgIpc) is 2.59. The fourth-order valence-corrected chi connectivity index (χ4v) is 2.60. The van der Waals surface area contributed by atoms with Crippen LogP contribution in [0.3, 0.4) is 0 Å². The summed E-state index contributed by atoms with van der Waals surface area (Å²) in [5.74, 6) is -0.282. The van der Waals surface area contributed by atoms with Crippen LogP contribution < -0.4 is 10.2 Å². The lowest BCUT2D eigenvalue weighted by atomic mass is 10.2. The summed E-state index contributed by atoms with van der Waals surface area (Å²) in [5.41, 5.74) is 2.18. The van der Waals surface area contributed by atoms with Crippen molar-refractivity contribution < 1.29 is 9.53 Å². The largest absolute Gasteiger partial charge is 0.378 e. The summed E-state index contributed by atoms with van der Waals surface area (Å²) in [6.07, 6.45) is 1.39. The van der Waals surface area contributed by atoms with E-state index in [1.807, 2.05) is 24.3 Å². The molecule has 3 rings (SSSR count). The van der Waals surface area contributed by atoms with Gasteiger partial charge in [-0.25, -0.2) is 4.98 Å². The molecular formula is C16H15Cl2N3O2. The highest BCUT2D eigenvalue weighted by molar-refractivity contribution is 6.41. The van der Waals surface area contributed by atoms with Crippen LogP contribution in [0.2, 0.25) is 10.2 Å². The summed E-state index contributed by atoms with van der Waals surface area (Å²) < 4.78 is 5.34. The number of pyridine rings is 1. The fraction of sp³-hybridized carbons (Fsp3) is 0.250. The molecule has 0 radical (unpaired) electrons. The van der Waals surface area contributed by atoms with E-state index in [-0.39, 0.29) is 16.1 Å². The van der Waals surface area contributed by atoms with Crippen molar-refractivity contribution >= 4 is 40.5 Å². The third-order valence-electron chi connectivity index (χ3n) is 3.56. The molecule has 1 N–H and O–H groups in total. The topological polar surface area (TPSA) is 54.5 Å². The molecule has 0 saturated carbocycles. The number of halogens is 2. The molecule has 2 aromatic rings. The smallest absolute Gasteiger partial charge is 0.257 e. The van der Waals surface area contributed by atoms with Gasteiger partial charge in [-0.05, 0) is 30.3 Å². The van der Waals surface area contributed by atoms with E-state index < -0.39 is 0 Å². The van der Waals surface area contributed by atoms with Crippen LogP contribution in [0, 0.1) is 0 Å². The summed E-state index contributed by atoms with van der Waals surface area (Å²) >= 11 is 11.6. The fourth-order valence-electron chi connectivity index (χ4n) is 2.33. The zero-order valence-electron chi connectivity index (χ0n) is 12.3. The van der Waals surface area contributed by atoms with Crippen molar-refractivity contribution in [2.75, 3.05) is 36.5 Å². The van der Waals surface area contributed by atoms with E-state index in [0.29, 0.717) is 11.3 Å². The Morgan fingerprint density at radius 3 is 2.52 bits per heavy atom. The molecule has 120 valence electrons. The SMILES string of the molecule is O=C(Nc1ccc(N2CCOCC2)cc1)c1cnc(Cl)c(Cl)c1. The van der Waals surface area contributed by atoms with Gasteiger partial charge in [-0.15, -0.1) is 0 Å². The molecule has 1 aromatic heterocycles. The third-order valence-corrected chi connectivity index (χ3v) is 4.25. The predicted molar refractivity (Wildman–Crippen MR) is 91.7 cm³/mol. The van der Waals surface area contributed by atoms with Crippen LogP contribution in [0.1, 0.15) is 10.4 Å². The van der Waals surface area contributed by atoms with E-state index >= 15 is 0 Å². The van der Waals surface area contributed by atoms with Gasteiger partial charge in [0.15, 0.2) is 0 Å². The number of nitrogens with zero attached hydrogens (tertiary/aromatic N) is 2. The molecule has 23 heavy (non-hydrogen) atoms. The van der Waals surface area contributed by atoms with E-state index in [1.54, 1.807) is 0 Å². The number of ether oxygens (including phenoxy) is 1. The Morgan fingerprint density at radius 1 is 1.17 bits per heavy atom. The minimum Gasteiger partial charge on any atom is -0.378 e. The van der Waals surface area contributed by atoms with E-state index in [1.165, 1.54) is 12.3 Å². The maximum atomic E-state index is 12.2. The standard InChI is InChI=1S/C16H15Cl2N3O2/c17-14-9-11(10-19-15(14)18)16(22)20-12-1-3-13(4-2-12)21-5-7-23-8-6-21/h1-4,9-10H,5-8H2,(H,20,22). The molecule has 1 fully saturated rings. The second-order valence-corrected chi connectivity index (χ2v) is 5.86. The van der Waals surface area contributed by atoms with Gasteiger partial charge in [-0.1, -0.05) is 23.2 Å². The number of carbonyl (C=O) groups excluding carboxylic acids is 1. The lowest BCUT2D eigenvalue weighted by molar-refractivity contribution is 0.102. The number of benzene rings is 1. The Hall–Kier alpha value is -1.82. The number of anilines is 2. The molecule has 0 bridgehead atoms. The Kier molecular flexibility index (Phi) is 5.00. The average molecular weight is 352 g/mol. The number of carbonyl (C=O) groups is 1. The monoisotopic (exact) mass is 351 g/mol. The Bertz CT molecular complexity index is 701. The molecule has 0 unspecified atom stereocenters. The van der Waals surface area contributed by atoms with Crippen LogP contribution >= 0.6 is 23.2 Å². The van der Waals surface area contributed by atoms with Crippen LogP contribution in [0.5, 0.6) is 0 Å². The number of amides is 1. The number of hydrogen-bond acceptors (Lipinski definition) is 4. The Labute approximate surface area is 144 Å². The maximum absolute atomic E-state index is 12.2. The molecule has 0 spiro atoms. The van der Waals surface area contributed by atoms with E-state index in [4.69, 9.17) is 27.9 Å². The molecule has 1 aliphatic rings. The van der Waals surface area contributed by atoms with E-state index in [9.17, 15) is 4.79 Å². The molecular weight excluding hydrogens is 337 g/mol. The van der Waals surface area contributed by atoms with Crippen molar-refractivity contribution in [1.29, 1.82) is 0 Å². The zero-order chi connectivity index (χ0) is 16.2. The number of nitrogens with one attached hydrogen (secondary N) is 1. The van der Waals surface area contributed by atoms with Gasteiger partial charge in [0, 0.05) is 30.7 Å². The highest BCUT2D eigenvalue weighted by Gasteiger charge is 2.12. The zero-order valence-corrected chi connectivity index (χ0v) is 13.8. The predicted octanol–water partition coefficient (Wildman–Crippen LogP) is 3.48. The van der Waals surface area contributed by atoms with Crippen LogP contribution in [-0.2, 0) is 4.74 Å². The van der Waals surface area contributed by atoms with Crippen molar-refractivity contribution in [2.45, 2.75) is 0 Å². The molecule has 1 amide bonds. The van der Waals surface area contributed by atoms with Crippen LogP contribution in [0.15, 0.2) is 36.5 Å². The minimum absolute atomic E-state index is 0.179. The van der Waals surface area contributed by atoms with Gasteiger partial charge in [-0.3, -0.25) is 4.79 Å². The second-order valence-electron chi connectivity index (χ2n) is 5.10. The number of hydrogen-bond donors (Lipinski definition) is 1. The van der Waals surface area contributed by atoms with Crippen molar-refractivity contribution in [3.63, 3.8) is 0 Å². The quantitative estimate of drug-likeness (QED) is 0.860. The first-order valence-corrected chi connectivity index (χ1v) is 7.94. The van der Waals surface area contributed by atoms with Gasteiger partial charge < -0.3 is 15.0 Å². The van der Waals surface area contributed by atoms with Crippen molar-refractivity contribution in [3.05, 3.63) is 52.3 Å². The molecule has 1 saturated heterocycles. The lowest BCUT2D eigenvalue weighted by Crippen LogP contribution is -2.36. The normalized spacial score (nSPS) is 14.6. The van der Waals surface area contributed by atoms with Crippen molar-refractivity contribution in [2.24, 2.45) is 0 Å². The summed E-state index contributed by atoms with van der Waals surface area (Å²) in [6, 6.07) is 9.19. The van der Waals surface area contributed by atoms with Crippen molar-refractivity contribution in [1.82, 2.24) is 4.98 Å². The number of aromatic nitrogens is 1. The van der Waals surface area contributed by atoms with Gasteiger partial charge >= 0.3 is 0 Å². The molecule has 5 nitrogen and oxygen atoms in total. The summed E-state index contributed by atoms with van der Waals surface area (Å²) in [4.78, 5) is 18.3. The molecule has 2 heterocycles. The molecule has 1 aromatic carbocycles. The molecule has 1 aliphatic heterocycles. The van der Waals surface area contributed by atoms with E-state index in [2.05, 4.69) is 15.2 Å². The molecule has 0 atom stereocenters. The molecule has 0 aliphatic carbocycles. The second kappa shape index (κ2) is 7.17. The highest BCUT2D eigenvalue weighted by atomic mass is 35.5. The van der Waals surface area contributed by atoms with Gasteiger partial charge in [0.1, 0.15) is 5.15 Å². The van der Waals surface area contributed by atoms with Gasteiger partial charge in [0.05, 0.1) is 23.8 Å². The summed E-state index contributed by atoms with van der Waals surface area (Å²) in [5, 5.41) is 3.24. The first-order valence-electron chi connectivity index (χ1n) is 7.18. The maximum Gasteiger partial charge on any atom is 0.257 e. The van der Waals surface area contributed by atoms with Crippen LogP contribution in [-0.4, -0.2) is 37.2 Å². The Morgan fingerprint density at radius 2 is 1.87 bits per heavy atom. The van der Waals surface area contributed by atoms with Crippen LogP contribution in [0.25, 0.3) is 0 Å². The highest BCUT2D eigenvalue weighted by Crippen LogP contribution is 2.22. The first kappa shape index (κ1) is 16.1. The molecule has 7 heteroatoms. The number of morpholine rings is 1. The minimum atomic E-state index is -0.282. The third kappa shape index (κ3) is 3.93. The first-order chi connectivity index (χ1) is 11.1. The number of rotatable bonds is 3. The van der Waals surface area contributed by atoms with Crippen molar-refractivity contribution in [3.8, 4) is 0 Å².